The molecule has 0 aromatic rings. The third-order valence-electron chi connectivity index (χ3n) is 2.90. The van der Waals surface area contributed by atoms with Gasteiger partial charge in [0.15, 0.2) is 0 Å². The maximum atomic E-state index is 12.0. The first-order valence-electron chi connectivity index (χ1n) is 6.66. The number of carbonyl (C=O) groups is 2. The van der Waals surface area contributed by atoms with E-state index in [9.17, 15) is 9.59 Å². The van der Waals surface area contributed by atoms with Crippen molar-refractivity contribution in [3.05, 3.63) is 0 Å². The largest absolute Gasteiger partial charge is 0.339 e. The molecular formula is C13H26ClN3O2S. The number of halogens is 1. The summed E-state index contributed by atoms with van der Waals surface area (Å²) in [6, 6.07) is 0. The first kappa shape index (κ1) is 19.5. The SMILES string of the molecule is CN(CC(=O)N1CCNCC1)C(=O)CSC(C)(C)C.Cl. The third kappa shape index (κ3) is 7.36. The summed E-state index contributed by atoms with van der Waals surface area (Å²) in [5.41, 5.74) is 0. The molecule has 0 aliphatic carbocycles. The monoisotopic (exact) mass is 323 g/mol. The molecule has 5 nitrogen and oxygen atoms in total. The van der Waals surface area contributed by atoms with Crippen LogP contribution in [0.25, 0.3) is 0 Å². The molecule has 1 aliphatic rings. The molecular weight excluding hydrogens is 298 g/mol. The highest BCUT2D eigenvalue weighted by Gasteiger charge is 2.21. The van der Waals surface area contributed by atoms with E-state index in [1.165, 1.54) is 4.90 Å². The van der Waals surface area contributed by atoms with Crippen molar-refractivity contribution in [1.29, 1.82) is 0 Å². The summed E-state index contributed by atoms with van der Waals surface area (Å²) in [7, 11) is 1.70. The van der Waals surface area contributed by atoms with Gasteiger partial charge in [0.2, 0.25) is 11.8 Å². The van der Waals surface area contributed by atoms with Crippen LogP contribution in [0.1, 0.15) is 20.8 Å². The highest BCUT2D eigenvalue weighted by molar-refractivity contribution is 8.01. The summed E-state index contributed by atoms with van der Waals surface area (Å²) < 4.78 is 0.0685. The summed E-state index contributed by atoms with van der Waals surface area (Å²) in [6.07, 6.45) is 0. The number of hydrogen-bond acceptors (Lipinski definition) is 4. The van der Waals surface area contributed by atoms with Gasteiger partial charge in [-0.1, -0.05) is 20.8 Å². The van der Waals surface area contributed by atoms with E-state index in [1.807, 2.05) is 4.90 Å². The third-order valence-corrected chi connectivity index (χ3v) is 4.15. The lowest BCUT2D eigenvalue weighted by Gasteiger charge is -2.29. The van der Waals surface area contributed by atoms with E-state index in [1.54, 1.807) is 18.8 Å². The molecule has 0 spiro atoms. The summed E-state index contributed by atoms with van der Waals surface area (Å²) in [6.45, 7) is 9.57. The van der Waals surface area contributed by atoms with E-state index in [0.29, 0.717) is 5.75 Å². The van der Waals surface area contributed by atoms with E-state index in [2.05, 4.69) is 26.1 Å². The molecule has 20 heavy (non-hydrogen) atoms. The van der Waals surface area contributed by atoms with E-state index < -0.39 is 0 Å². The quantitative estimate of drug-likeness (QED) is 0.832. The number of piperazine rings is 1. The Labute approximate surface area is 132 Å². The molecule has 0 bridgehead atoms. The van der Waals surface area contributed by atoms with Crippen LogP contribution in [0.2, 0.25) is 0 Å². The predicted octanol–water partition coefficient (Wildman–Crippen LogP) is 0.830. The molecule has 0 radical (unpaired) electrons. The van der Waals surface area contributed by atoms with Gasteiger partial charge in [-0.05, 0) is 0 Å². The summed E-state index contributed by atoms with van der Waals surface area (Å²) >= 11 is 1.61. The molecule has 7 heteroatoms. The van der Waals surface area contributed by atoms with Crippen LogP contribution in [0.15, 0.2) is 0 Å². The molecule has 1 heterocycles. The van der Waals surface area contributed by atoms with Crippen molar-refractivity contribution in [2.24, 2.45) is 0 Å². The maximum Gasteiger partial charge on any atom is 0.242 e. The van der Waals surface area contributed by atoms with E-state index >= 15 is 0 Å². The van der Waals surface area contributed by atoms with Crippen LogP contribution in [0.4, 0.5) is 0 Å². The second kappa shape index (κ2) is 8.74. The number of amides is 2. The molecule has 0 aromatic heterocycles. The number of nitrogens with one attached hydrogen (secondary N) is 1. The molecule has 1 fully saturated rings. The Balaban J connectivity index is 0.00000361. The Morgan fingerprint density at radius 2 is 1.80 bits per heavy atom. The Hall–Kier alpha value is -0.460. The number of hydrogen-bond donors (Lipinski definition) is 1. The van der Waals surface area contributed by atoms with Crippen LogP contribution in [0.5, 0.6) is 0 Å². The second-order valence-electron chi connectivity index (χ2n) is 5.78. The molecule has 0 atom stereocenters. The van der Waals surface area contributed by atoms with Gasteiger partial charge in [-0.3, -0.25) is 9.59 Å². The van der Waals surface area contributed by atoms with Gasteiger partial charge in [-0.25, -0.2) is 0 Å². The van der Waals surface area contributed by atoms with Crippen LogP contribution >= 0.6 is 24.2 Å². The Morgan fingerprint density at radius 1 is 1.25 bits per heavy atom. The summed E-state index contributed by atoms with van der Waals surface area (Å²) in [4.78, 5) is 27.3. The topological polar surface area (TPSA) is 52.7 Å². The number of thioether (sulfide) groups is 1. The number of carbonyl (C=O) groups excluding carboxylic acids is 2. The number of nitrogens with zero attached hydrogens (tertiary/aromatic N) is 2. The average molecular weight is 324 g/mol. The van der Waals surface area contributed by atoms with Gasteiger partial charge >= 0.3 is 0 Å². The smallest absolute Gasteiger partial charge is 0.242 e. The minimum absolute atomic E-state index is 0. The van der Waals surface area contributed by atoms with Gasteiger partial charge in [0.1, 0.15) is 0 Å². The Bertz CT molecular complexity index is 328. The maximum absolute atomic E-state index is 12.0. The molecule has 1 aliphatic heterocycles. The highest BCUT2D eigenvalue weighted by Crippen LogP contribution is 2.22. The zero-order valence-corrected chi connectivity index (χ0v) is 14.4. The van der Waals surface area contributed by atoms with Crippen molar-refractivity contribution in [1.82, 2.24) is 15.1 Å². The first-order valence-corrected chi connectivity index (χ1v) is 7.64. The fraction of sp³-hybridized carbons (Fsp3) is 0.846. The van der Waals surface area contributed by atoms with Crippen molar-refractivity contribution in [3.8, 4) is 0 Å². The van der Waals surface area contributed by atoms with Crippen LogP contribution < -0.4 is 5.32 Å². The fourth-order valence-electron chi connectivity index (χ4n) is 1.69. The first-order chi connectivity index (χ1) is 8.79. The van der Waals surface area contributed by atoms with Crippen molar-refractivity contribution < 1.29 is 9.59 Å². The van der Waals surface area contributed by atoms with Gasteiger partial charge in [0, 0.05) is 38.0 Å². The molecule has 0 aromatic carbocycles. The van der Waals surface area contributed by atoms with E-state index in [4.69, 9.17) is 0 Å². The van der Waals surface area contributed by atoms with E-state index in [0.717, 1.165) is 26.2 Å². The van der Waals surface area contributed by atoms with Crippen molar-refractivity contribution in [2.75, 3.05) is 45.5 Å². The molecule has 118 valence electrons. The zero-order chi connectivity index (χ0) is 14.5. The number of rotatable bonds is 4. The van der Waals surface area contributed by atoms with E-state index in [-0.39, 0.29) is 35.5 Å². The summed E-state index contributed by atoms with van der Waals surface area (Å²) in [5.74, 6) is 0.482. The Morgan fingerprint density at radius 3 is 2.30 bits per heavy atom. The highest BCUT2D eigenvalue weighted by atomic mass is 35.5. The standard InChI is InChI=1S/C13H25N3O2S.ClH/c1-13(2,3)19-10-12(18)15(4)9-11(17)16-7-5-14-6-8-16;/h14H,5-10H2,1-4H3;1H. The molecule has 0 saturated carbocycles. The lowest BCUT2D eigenvalue weighted by Crippen LogP contribution is -2.50. The van der Waals surface area contributed by atoms with Crippen molar-refractivity contribution in [2.45, 2.75) is 25.5 Å². The van der Waals surface area contributed by atoms with Crippen molar-refractivity contribution >= 4 is 36.0 Å². The van der Waals surface area contributed by atoms with Crippen LogP contribution in [0, 0.1) is 0 Å². The van der Waals surface area contributed by atoms with Crippen LogP contribution in [-0.4, -0.2) is 71.9 Å². The summed E-state index contributed by atoms with van der Waals surface area (Å²) in [5, 5.41) is 3.20. The molecule has 1 N–H and O–H groups in total. The molecule has 2 amide bonds. The lowest BCUT2D eigenvalue weighted by molar-refractivity contribution is -0.138. The van der Waals surface area contributed by atoms with Gasteiger partial charge < -0.3 is 15.1 Å². The zero-order valence-electron chi connectivity index (χ0n) is 12.8. The average Bonchev–Trinajstić information content (AvgIpc) is 2.36. The predicted molar refractivity (Wildman–Crippen MR) is 86.5 cm³/mol. The van der Waals surface area contributed by atoms with Crippen molar-refractivity contribution in [3.63, 3.8) is 0 Å². The minimum atomic E-state index is 0. The van der Waals surface area contributed by atoms with Gasteiger partial charge in [-0.2, -0.15) is 0 Å². The molecule has 1 saturated heterocycles. The fourth-order valence-corrected chi connectivity index (χ4v) is 2.47. The van der Waals surface area contributed by atoms with Crippen LogP contribution in [0.3, 0.4) is 0 Å². The molecule has 0 unspecified atom stereocenters. The molecule has 1 rings (SSSR count). The van der Waals surface area contributed by atoms with Gasteiger partial charge in [0.25, 0.3) is 0 Å². The lowest BCUT2D eigenvalue weighted by atomic mass is 10.3. The normalized spacial score (nSPS) is 15.5. The Kier molecular flexibility index (Phi) is 8.54. The van der Waals surface area contributed by atoms with Crippen LogP contribution in [-0.2, 0) is 9.59 Å². The second-order valence-corrected chi connectivity index (χ2v) is 7.58. The minimum Gasteiger partial charge on any atom is -0.339 e. The number of likely N-dealkylation sites (N-methyl/N-ethyl adjacent to an activating group) is 1. The van der Waals surface area contributed by atoms with Gasteiger partial charge in [-0.15, -0.1) is 24.2 Å². The van der Waals surface area contributed by atoms with Gasteiger partial charge in [0.05, 0.1) is 12.3 Å².